The van der Waals surface area contributed by atoms with Gasteiger partial charge in [0.25, 0.3) is 0 Å². The van der Waals surface area contributed by atoms with Gasteiger partial charge in [-0.15, -0.1) is 0 Å². The molecular formula is C17H17F3N2S. The maximum atomic E-state index is 12.5. The first-order valence-electron chi connectivity index (χ1n) is 7.44. The molecule has 0 radical (unpaired) electrons. The first-order valence-corrected chi connectivity index (χ1v) is 8.25. The summed E-state index contributed by atoms with van der Waals surface area (Å²) in [5.41, 5.74) is 2.05. The molecule has 0 bridgehead atoms. The SMILES string of the molecule is FC(F)(F)c1ccc(SNCCN2CCc3ccccc32)cc1. The van der Waals surface area contributed by atoms with Gasteiger partial charge < -0.3 is 4.90 Å². The highest BCUT2D eigenvalue weighted by molar-refractivity contribution is 7.97. The van der Waals surface area contributed by atoms with Crippen molar-refractivity contribution in [2.75, 3.05) is 24.5 Å². The summed E-state index contributed by atoms with van der Waals surface area (Å²) in [6.45, 7) is 2.66. The Labute approximate surface area is 137 Å². The zero-order valence-corrected chi connectivity index (χ0v) is 13.3. The van der Waals surface area contributed by atoms with Gasteiger partial charge in [-0.05, 0) is 54.3 Å². The Bertz CT molecular complexity index is 656. The van der Waals surface area contributed by atoms with Gasteiger partial charge >= 0.3 is 6.18 Å². The summed E-state index contributed by atoms with van der Waals surface area (Å²) in [4.78, 5) is 3.11. The topological polar surface area (TPSA) is 15.3 Å². The molecule has 1 aliphatic heterocycles. The predicted octanol–water partition coefficient (Wildman–Crippen LogP) is 4.36. The van der Waals surface area contributed by atoms with Crippen LogP contribution in [0.15, 0.2) is 53.4 Å². The molecule has 23 heavy (non-hydrogen) atoms. The second kappa shape index (κ2) is 6.84. The number of nitrogens with one attached hydrogen (secondary N) is 1. The summed E-state index contributed by atoms with van der Waals surface area (Å²) in [6, 6.07) is 13.6. The molecule has 2 aromatic carbocycles. The maximum Gasteiger partial charge on any atom is 0.416 e. The van der Waals surface area contributed by atoms with Gasteiger partial charge in [-0.25, -0.2) is 0 Å². The van der Waals surface area contributed by atoms with E-state index in [1.165, 1.54) is 35.3 Å². The minimum absolute atomic E-state index is 0.615. The number of rotatable bonds is 5. The van der Waals surface area contributed by atoms with Crippen LogP contribution in [-0.2, 0) is 12.6 Å². The lowest BCUT2D eigenvalue weighted by Gasteiger charge is -2.19. The molecule has 0 saturated carbocycles. The molecular weight excluding hydrogens is 321 g/mol. The van der Waals surface area contributed by atoms with Crippen LogP contribution in [0, 0.1) is 0 Å². The Morgan fingerprint density at radius 3 is 2.52 bits per heavy atom. The largest absolute Gasteiger partial charge is 0.416 e. The number of benzene rings is 2. The lowest BCUT2D eigenvalue weighted by Crippen LogP contribution is -2.28. The lowest BCUT2D eigenvalue weighted by atomic mass is 10.2. The van der Waals surface area contributed by atoms with E-state index in [1.54, 1.807) is 0 Å². The predicted molar refractivity (Wildman–Crippen MR) is 87.7 cm³/mol. The molecule has 0 unspecified atom stereocenters. The Morgan fingerprint density at radius 2 is 1.78 bits per heavy atom. The van der Waals surface area contributed by atoms with Gasteiger partial charge in [0.05, 0.1) is 5.56 Å². The molecule has 1 heterocycles. The number of hydrogen-bond donors (Lipinski definition) is 1. The number of hydrogen-bond acceptors (Lipinski definition) is 3. The number of fused-ring (bicyclic) bond motifs is 1. The third-order valence-corrected chi connectivity index (χ3v) is 4.70. The van der Waals surface area contributed by atoms with E-state index in [0.29, 0.717) is 0 Å². The summed E-state index contributed by atoms with van der Waals surface area (Å²) >= 11 is 1.36. The molecule has 2 aromatic rings. The second-order valence-corrected chi connectivity index (χ2v) is 6.35. The summed E-state index contributed by atoms with van der Waals surface area (Å²) in [6.07, 6.45) is -3.21. The van der Waals surface area contributed by atoms with Gasteiger partial charge in [-0.1, -0.05) is 18.2 Å². The van der Waals surface area contributed by atoms with Crippen LogP contribution in [0.1, 0.15) is 11.1 Å². The van der Waals surface area contributed by atoms with E-state index in [-0.39, 0.29) is 0 Å². The fraction of sp³-hybridized carbons (Fsp3) is 0.294. The van der Waals surface area contributed by atoms with Crippen molar-refractivity contribution in [1.82, 2.24) is 4.72 Å². The molecule has 1 aliphatic rings. The van der Waals surface area contributed by atoms with E-state index in [4.69, 9.17) is 0 Å². The van der Waals surface area contributed by atoms with E-state index < -0.39 is 11.7 Å². The summed E-state index contributed by atoms with van der Waals surface area (Å²) < 4.78 is 40.7. The van der Waals surface area contributed by atoms with Crippen LogP contribution < -0.4 is 9.62 Å². The normalized spacial score (nSPS) is 14.1. The van der Waals surface area contributed by atoms with Crippen LogP contribution in [0.2, 0.25) is 0 Å². The summed E-state index contributed by atoms with van der Waals surface area (Å²) in [5, 5.41) is 0. The minimum Gasteiger partial charge on any atom is -0.370 e. The van der Waals surface area contributed by atoms with Crippen LogP contribution in [0.3, 0.4) is 0 Å². The van der Waals surface area contributed by atoms with Crippen molar-refractivity contribution < 1.29 is 13.2 Å². The zero-order chi connectivity index (χ0) is 16.3. The number of nitrogens with zero attached hydrogens (tertiary/aromatic N) is 1. The minimum atomic E-state index is -4.28. The Hall–Kier alpha value is -1.66. The Morgan fingerprint density at radius 1 is 1.04 bits per heavy atom. The van der Waals surface area contributed by atoms with Crippen molar-refractivity contribution in [2.45, 2.75) is 17.5 Å². The molecule has 0 aliphatic carbocycles. The number of alkyl halides is 3. The van der Waals surface area contributed by atoms with Gasteiger partial charge in [0, 0.05) is 30.2 Å². The molecule has 1 N–H and O–H groups in total. The maximum absolute atomic E-state index is 12.5. The molecule has 0 fully saturated rings. The highest BCUT2D eigenvalue weighted by atomic mass is 32.2. The third-order valence-electron chi connectivity index (χ3n) is 3.84. The van der Waals surface area contributed by atoms with Gasteiger partial charge in [0.15, 0.2) is 0 Å². The Balaban J connectivity index is 1.46. The van der Waals surface area contributed by atoms with Gasteiger partial charge in [-0.2, -0.15) is 13.2 Å². The fourth-order valence-corrected chi connectivity index (χ4v) is 3.30. The fourth-order valence-electron chi connectivity index (χ4n) is 2.67. The molecule has 0 aromatic heterocycles. The van der Waals surface area contributed by atoms with Crippen molar-refractivity contribution in [3.8, 4) is 0 Å². The van der Waals surface area contributed by atoms with E-state index in [1.807, 2.05) is 6.07 Å². The zero-order valence-electron chi connectivity index (χ0n) is 12.4. The second-order valence-electron chi connectivity index (χ2n) is 5.38. The van der Waals surface area contributed by atoms with Gasteiger partial charge in [-0.3, -0.25) is 4.72 Å². The summed E-state index contributed by atoms with van der Waals surface area (Å²) in [5.74, 6) is 0. The molecule has 0 atom stereocenters. The van der Waals surface area contributed by atoms with Crippen LogP contribution >= 0.6 is 11.9 Å². The first kappa shape index (κ1) is 16.2. The van der Waals surface area contributed by atoms with Crippen LogP contribution in [0.5, 0.6) is 0 Å². The van der Waals surface area contributed by atoms with E-state index >= 15 is 0 Å². The van der Waals surface area contributed by atoms with E-state index in [2.05, 4.69) is 27.8 Å². The van der Waals surface area contributed by atoms with E-state index in [9.17, 15) is 13.2 Å². The number of anilines is 1. The molecule has 122 valence electrons. The number of para-hydroxylation sites is 1. The van der Waals surface area contributed by atoms with Gasteiger partial charge in [0.1, 0.15) is 0 Å². The molecule has 0 spiro atoms. The molecule has 2 nitrogen and oxygen atoms in total. The van der Waals surface area contributed by atoms with Gasteiger partial charge in [0.2, 0.25) is 0 Å². The van der Waals surface area contributed by atoms with Crippen molar-refractivity contribution in [2.24, 2.45) is 0 Å². The van der Waals surface area contributed by atoms with Crippen LogP contribution in [0.25, 0.3) is 0 Å². The first-order chi connectivity index (χ1) is 11.0. The van der Waals surface area contributed by atoms with Crippen LogP contribution in [0.4, 0.5) is 18.9 Å². The number of halogens is 3. The quantitative estimate of drug-likeness (QED) is 0.644. The lowest BCUT2D eigenvalue weighted by molar-refractivity contribution is -0.137. The van der Waals surface area contributed by atoms with Crippen molar-refractivity contribution >= 4 is 17.6 Å². The van der Waals surface area contributed by atoms with Crippen molar-refractivity contribution in [1.29, 1.82) is 0 Å². The van der Waals surface area contributed by atoms with E-state index in [0.717, 1.165) is 43.1 Å². The van der Waals surface area contributed by atoms with Crippen LogP contribution in [-0.4, -0.2) is 19.6 Å². The molecule has 6 heteroatoms. The molecule has 0 saturated heterocycles. The average Bonchev–Trinajstić information content (AvgIpc) is 2.94. The highest BCUT2D eigenvalue weighted by Crippen LogP contribution is 2.30. The van der Waals surface area contributed by atoms with Crippen molar-refractivity contribution in [3.05, 3.63) is 59.7 Å². The highest BCUT2D eigenvalue weighted by Gasteiger charge is 2.29. The Kier molecular flexibility index (Phi) is 4.82. The van der Waals surface area contributed by atoms with Crippen molar-refractivity contribution in [3.63, 3.8) is 0 Å². The third kappa shape index (κ3) is 4.00. The smallest absolute Gasteiger partial charge is 0.370 e. The molecule has 0 amide bonds. The monoisotopic (exact) mass is 338 g/mol. The standard InChI is InChI=1S/C17H17F3N2S/c18-17(19,20)14-5-7-15(8-6-14)23-21-10-12-22-11-9-13-3-1-2-4-16(13)22/h1-8,21H,9-12H2. The molecule has 3 rings (SSSR count). The summed E-state index contributed by atoms with van der Waals surface area (Å²) in [7, 11) is 0. The average molecular weight is 338 g/mol.